The fraction of sp³-hybridized carbons (Fsp3) is 0.263. The Hall–Kier alpha value is -2.55. The van der Waals surface area contributed by atoms with Crippen LogP contribution in [0.5, 0.6) is 0 Å². The minimum absolute atomic E-state index is 0.172. The molecule has 2 heterocycles. The number of piperazine rings is 1. The number of benzene rings is 2. The van der Waals surface area contributed by atoms with Gasteiger partial charge in [-0.1, -0.05) is 30.3 Å². The van der Waals surface area contributed by atoms with Crippen molar-refractivity contribution in [3.05, 3.63) is 65.7 Å². The van der Waals surface area contributed by atoms with Crippen molar-refractivity contribution >= 4 is 21.8 Å². The van der Waals surface area contributed by atoms with E-state index in [1.54, 1.807) is 54.6 Å². The van der Waals surface area contributed by atoms with E-state index in [1.807, 2.05) is 4.90 Å². The van der Waals surface area contributed by atoms with Crippen LogP contribution in [-0.2, 0) is 10.0 Å². The molecular formula is C19H19N3O4S. The van der Waals surface area contributed by atoms with E-state index in [1.165, 1.54) is 9.21 Å². The number of amides is 2. The summed E-state index contributed by atoms with van der Waals surface area (Å²) in [7, 11) is -3.52. The predicted octanol–water partition coefficient (Wildman–Crippen LogP) is 1.25. The standard InChI is InChI=1S/C19H19N3O4S/c23-18-16-8-4-5-9-17(16)19(24)22(18)14-20-10-12-21(13-11-20)27(25,26)15-6-2-1-3-7-15/h1-9H,10-14H2. The largest absolute Gasteiger partial charge is 0.283 e. The maximum Gasteiger partial charge on any atom is 0.262 e. The second-order valence-corrected chi connectivity index (χ2v) is 8.50. The molecule has 2 aliphatic heterocycles. The Kier molecular flexibility index (Phi) is 4.55. The normalized spacial score (nSPS) is 18.7. The minimum atomic E-state index is -3.52. The van der Waals surface area contributed by atoms with Crippen molar-refractivity contribution < 1.29 is 18.0 Å². The number of sulfonamides is 1. The monoisotopic (exact) mass is 385 g/mol. The third-order valence-corrected chi connectivity index (χ3v) is 6.84. The lowest BCUT2D eigenvalue weighted by Gasteiger charge is -2.35. The molecule has 140 valence electrons. The highest BCUT2D eigenvalue weighted by molar-refractivity contribution is 7.89. The highest BCUT2D eigenvalue weighted by atomic mass is 32.2. The molecule has 0 aromatic heterocycles. The highest BCUT2D eigenvalue weighted by Crippen LogP contribution is 2.23. The fourth-order valence-corrected chi connectivity index (χ4v) is 4.86. The topological polar surface area (TPSA) is 78.0 Å². The molecule has 0 N–H and O–H groups in total. The van der Waals surface area contributed by atoms with E-state index >= 15 is 0 Å². The van der Waals surface area contributed by atoms with Gasteiger partial charge in [0.1, 0.15) is 0 Å². The molecule has 7 nitrogen and oxygen atoms in total. The Morgan fingerprint density at radius 1 is 0.741 bits per heavy atom. The molecule has 0 unspecified atom stereocenters. The molecule has 0 radical (unpaired) electrons. The second kappa shape index (κ2) is 6.88. The second-order valence-electron chi connectivity index (χ2n) is 6.56. The average molecular weight is 385 g/mol. The Balaban J connectivity index is 1.41. The molecule has 1 fully saturated rings. The summed E-state index contributed by atoms with van der Waals surface area (Å²) in [6.45, 7) is 1.73. The number of hydrogen-bond acceptors (Lipinski definition) is 5. The first kappa shape index (κ1) is 17.8. The lowest BCUT2D eigenvalue weighted by molar-refractivity contribution is 0.0500. The van der Waals surface area contributed by atoms with Gasteiger partial charge in [-0.25, -0.2) is 8.42 Å². The Morgan fingerprint density at radius 3 is 1.81 bits per heavy atom. The third kappa shape index (κ3) is 3.16. The summed E-state index contributed by atoms with van der Waals surface area (Å²) in [6.07, 6.45) is 0. The van der Waals surface area contributed by atoms with Crippen molar-refractivity contribution in [3.8, 4) is 0 Å². The first-order chi connectivity index (χ1) is 13.0. The molecule has 0 saturated carbocycles. The molecule has 0 spiro atoms. The average Bonchev–Trinajstić information content (AvgIpc) is 2.94. The zero-order valence-electron chi connectivity index (χ0n) is 14.6. The van der Waals surface area contributed by atoms with Gasteiger partial charge in [-0.15, -0.1) is 0 Å². The summed E-state index contributed by atoms with van der Waals surface area (Å²) in [5.74, 6) is -0.593. The molecular weight excluding hydrogens is 366 g/mol. The molecule has 0 atom stereocenters. The van der Waals surface area contributed by atoms with Gasteiger partial charge in [0.2, 0.25) is 10.0 Å². The van der Waals surface area contributed by atoms with Crippen LogP contribution < -0.4 is 0 Å². The van der Waals surface area contributed by atoms with Gasteiger partial charge < -0.3 is 0 Å². The van der Waals surface area contributed by atoms with Crippen LogP contribution in [0.15, 0.2) is 59.5 Å². The van der Waals surface area contributed by atoms with Gasteiger partial charge in [-0.3, -0.25) is 19.4 Å². The number of hydrogen-bond donors (Lipinski definition) is 0. The van der Waals surface area contributed by atoms with Crippen LogP contribution in [0.25, 0.3) is 0 Å². The minimum Gasteiger partial charge on any atom is -0.283 e. The van der Waals surface area contributed by atoms with Gasteiger partial charge >= 0.3 is 0 Å². The van der Waals surface area contributed by atoms with Gasteiger partial charge in [0.05, 0.1) is 22.7 Å². The zero-order valence-corrected chi connectivity index (χ0v) is 15.4. The molecule has 2 aromatic rings. The Labute approximate surface area is 157 Å². The molecule has 2 amide bonds. The van der Waals surface area contributed by atoms with E-state index in [2.05, 4.69) is 0 Å². The lowest BCUT2D eigenvalue weighted by Crippen LogP contribution is -2.52. The molecule has 27 heavy (non-hydrogen) atoms. The number of carbonyl (C=O) groups is 2. The number of rotatable bonds is 4. The SMILES string of the molecule is O=C1c2ccccc2C(=O)N1CN1CCN(S(=O)(=O)c2ccccc2)CC1. The first-order valence-electron chi connectivity index (χ1n) is 8.71. The summed E-state index contributed by atoms with van der Waals surface area (Å²) in [5.41, 5.74) is 0.848. The van der Waals surface area contributed by atoms with Gasteiger partial charge in [0, 0.05) is 26.2 Å². The number of imide groups is 1. The number of nitrogens with zero attached hydrogens (tertiary/aromatic N) is 3. The van der Waals surface area contributed by atoms with Crippen molar-refractivity contribution in [2.45, 2.75) is 4.90 Å². The van der Waals surface area contributed by atoms with Crippen molar-refractivity contribution in [1.29, 1.82) is 0 Å². The molecule has 4 rings (SSSR count). The van der Waals surface area contributed by atoms with Crippen molar-refractivity contribution in [3.63, 3.8) is 0 Å². The van der Waals surface area contributed by atoms with Crippen LogP contribution in [-0.4, -0.2) is 67.2 Å². The fourth-order valence-electron chi connectivity index (χ4n) is 3.42. The first-order valence-corrected chi connectivity index (χ1v) is 10.2. The summed E-state index contributed by atoms with van der Waals surface area (Å²) in [5, 5.41) is 0. The van der Waals surface area contributed by atoms with E-state index in [4.69, 9.17) is 0 Å². The van der Waals surface area contributed by atoms with E-state index < -0.39 is 10.0 Å². The summed E-state index contributed by atoms with van der Waals surface area (Å²) < 4.78 is 26.8. The number of carbonyl (C=O) groups excluding carboxylic acids is 2. The van der Waals surface area contributed by atoms with Crippen LogP contribution in [0.4, 0.5) is 0 Å². The van der Waals surface area contributed by atoms with E-state index in [0.717, 1.165) is 0 Å². The quantitative estimate of drug-likeness (QED) is 0.740. The smallest absolute Gasteiger partial charge is 0.262 e. The van der Waals surface area contributed by atoms with E-state index in [-0.39, 0.29) is 23.4 Å². The molecule has 2 aliphatic rings. The van der Waals surface area contributed by atoms with Crippen LogP contribution in [0.2, 0.25) is 0 Å². The molecule has 8 heteroatoms. The maximum atomic E-state index is 12.7. The van der Waals surface area contributed by atoms with Crippen LogP contribution in [0.3, 0.4) is 0 Å². The Bertz CT molecular complexity index is 948. The summed E-state index contributed by atoms with van der Waals surface area (Å²) in [6, 6.07) is 15.1. The molecule has 0 bridgehead atoms. The summed E-state index contributed by atoms with van der Waals surface area (Å²) >= 11 is 0. The molecule has 1 saturated heterocycles. The lowest BCUT2D eigenvalue weighted by atomic mass is 10.1. The third-order valence-electron chi connectivity index (χ3n) is 4.93. The van der Waals surface area contributed by atoms with Crippen molar-refractivity contribution in [2.75, 3.05) is 32.8 Å². The summed E-state index contributed by atoms with van der Waals surface area (Å²) in [4.78, 5) is 28.4. The Morgan fingerprint density at radius 2 is 1.26 bits per heavy atom. The van der Waals surface area contributed by atoms with Crippen molar-refractivity contribution in [2.24, 2.45) is 0 Å². The zero-order chi connectivity index (χ0) is 19.0. The van der Waals surface area contributed by atoms with Crippen LogP contribution in [0.1, 0.15) is 20.7 Å². The van der Waals surface area contributed by atoms with Gasteiger partial charge in [-0.2, -0.15) is 4.31 Å². The highest BCUT2D eigenvalue weighted by Gasteiger charge is 2.37. The van der Waals surface area contributed by atoms with Crippen LogP contribution >= 0.6 is 0 Å². The van der Waals surface area contributed by atoms with Gasteiger partial charge in [-0.05, 0) is 24.3 Å². The predicted molar refractivity (Wildman–Crippen MR) is 98.6 cm³/mol. The van der Waals surface area contributed by atoms with E-state index in [9.17, 15) is 18.0 Å². The van der Waals surface area contributed by atoms with Gasteiger partial charge in [0.15, 0.2) is 0 Å². The van der Waals surface area contributed by atoms with Gasteiger partial charge in [0.25, 0.3) is 11.8 Å². The molecule has 2 aromatic carbocycles. The number of fused-ring (bicyclic) bond motifs is 1. The van der Waals surface area contributed by atoms with Crippen molar-refractivity contribution in [1.82, 2.24) is 14.1 Å². The van der Waals surface area contributed by atoms with E-state index in [0.29, 0.717) is 37.3 Å². The van der Waals surface area contributed by atoms with Crippen LogP contribution in [0, 0.1) is 0 Å². The maximum absolute atomic E-state index is 12.7. The molecule has 0 aliphatic carbocycles.